The summed E-state index contributed by atoms with van der Waals surface area (Å²) in [5, 5.41) is 0. The average molecular weight is 770 g/mol. The Morgan fingerprint density at radius 1 is 1.15 bits per heavy atom. The Labute approximate surface area is 206 Å². The molecule has 164 valence electrons. The third-order valence-corrected chi connectivity index (χ3v) is 4.01. The maximum atomic E-state index is 11.7. The van der Waals surface area contributed by atoms with E-state index >= 15 is 0 Å². The molecule has 0 aliphatic rings. The van der Waals surface area contributed by atoms with Gasteiger partial charge in [-0.25, -0.2) is 18.6 Å². The molecule has 0 N–H and O–H groups in total. The van der Waals surface area contributed by atoms with E-state index in [2.05, 4.69) is 71.9 Å². The number of carbonyl (C=O) groups is 1. The van der Waals surface area contributed by atoms with Gasteiger partial charge in [0.1, 0.15) is 0 Å². The van der Waals surface area contributed by atoms with Crippen LogP contribution in [0, 0.1) is 30.6 Å². The fraction of sp³-hybridized carbons (Fsp3) is 0.762. The van der Waals surface area contributed by atoms with Crippen LogP contribution in [-0.4, -0.2) is 13.1 Å². The summed E-state index contributed by atoms with van der Waals surface area (Å²) in [6.07, 6.45) is 2.75. The largest absolute Gasteiger partial charge is 2.00 e. The summed E-state index contributed by atoms with van der Waals surface area (Å²) in [6, 6.07) is 0. The van der Waals surface area contributed by atoms with Crippen molar-refractivity contribution in [3.8, 4) is 0 Å². The van der Waals surface area contributed by atoms with Crippen LogP contribution in [0.1, 0.15) is 84.6 Å². The Bertz CT molecular complexity index is 310. The van der Waals surface area contributed by atoms with Crippen LogP contribution in [0.2, 0.25) is 0 Å². The molecular weight excluding hydrogens is 722 g/mol. The zero-order valence-electron chi connectivity index (χ0n) is 15.3. The van der Waals surface area contributed by atoms with Gasteiger partial charge in [0.2, 0.25) is 0 Å². The molecule has 0 saturated carbocycles. The van der Waals surface area contributed by atoms with E-state index in [4.69, 9.17) is 4.74 Å². The molecule has 2 unspecified atom stereocenters. The normalized spacial score (nSPS) is 12.5. The number of hydrogen-bond acceptors (Lipinski definition) is 2. The maximum absolute atomic E-state index is 11.7. The second kappa shape index (κ2) is 26.2. The number of carbonyl (C=O) groups excluding carboxylic acids is 1. The van der Waals surface area contributed by atoms with Gasteiger partial charge in [-0.1, -0.05) is 70.2 Å². The molecule has 0 aromatic rings. The maximum Gasteiger partial charge on any atom is 2.00 e. The molecule has 0 spiro atoms. The number of allylic oxidation sites excluding steroid dienone is 2. The average Bonchev–Trinajstić information content (AvgIpc) is 2.46. The number of esters is 1. The van der Waals surface area contributed by atoms with Crippen LogP contribution in [0.4, 0.5) is 0 Å². The number of hydrogen-bond donors (Lipinski definition) is 0. The first kappa shape index (κ1) is 50.7. The predicted molar refractivity (Wildman–Crippen MR) is 138 cm³/mol. The van der Waals surface area contributed by atoms with Crippen molar-refractivity contribution in [1.82, 2.24) is 0 Å². The van der Waals surface area contributed by atoms with Crippen molar-refractivity contribution in [1.29, 1.82) is 0 Å². The molecule has 0 bridgehead atoms. The van der Waals surface area contributed by atoms with Gasteiger partial charge in [-0.3, -0.25) is 4.79 Å². The van der Waals surface area contributed by atoms with Crippen LogP contribution in [0.3, 0.4) is 0 Å². The summed E-state index contributed by atoms with van der Waals surface area (Å²) in [7, 11) is 1.44. The van der Waals surface area contributed by atoms with Crippen LogP contribution in [-0.2, 0) is 30.6 Å². The fourth-order valence-corrected chi connectivity index (χ4v) is 1.72. The minimum absolute atomic E-state index is 0. The molecule has 2 nitrogen and oxygen atoms in total. The van der Waals surface area contributed by atoms with Crippen LogP contribution in [0.15, 0.2) is 11.6 Å². The summed E-state index contributed by atoms with van der Waals surface area (Å²) in [5.41, 5.74) is 0.573. The van der Waals surface area contributed by atoms with E-state index in [9.17, 15) is 4.79 Å². The van der Waals surface area contributed by atoms with Gasteiger partial charge in [0.25, 0.3) is 0 Å². The minimum Gasteiger partial charge on any atom is -0.469 e. The first-order chi connectivity index (χ1) is 9.47. The van der Waals surface area contributed by atoms with Gasteiger partial charge in [-0.05, 0) is 13.3 Å². The molecule has 0 saturated heterocycles. The number of methoxy groups -OCH3 is 1. The predicted octanol–water partition coefficient (Wildman–Crippen LogP) is 9.17. The van der Waals surface area contributed by atoms with E-state index in [0.717, 1.165) is 12.0 Å². The molecular formula is C21H48I2O2W. The van der Waals surface area contributed by atoms with Crippen molar-refractivity contribution in [2.24, 2.45) is 16.7 Å². The molecule has 0 amide bonds. The number of rotatable bonds is 4. The van der Waals surface area contributed by atoms with Crippen molar-refractivity contribution in [3.05, 3.63) is 25.5 Å². The van der Waals surface area contributed by atoms with Gasteiger partial charge in [0.15, 0.2) is 0 Å². The van der Waals surface area contributed by atoms with Gasteiger partial charge < -0.3 is 11.7 Å². The Kier molecular flexibility index (Phi) is 51.1. The molecule has 0 aromatic heterocycles. The fourth-order valence-electron chi connectivity index (χ4n) is 1.72. The SMILES string of the molecule is C.C.C.C.II.[CH2-]/C(C)=C/C.[CH2-]C(C)(C)C(C)C(C)(CC)C(=O)OC.[W+2]. The molecule has 0 aliphatic heterocycles. The van der Waals surface area contributed by atoms with E-state index in [-0.39, 0.29) is 68.1 Å². The quantitative estimate of drug-likeness (QED) is 0.162. The molecule has 0 fully saturated rings. The van der Waals surface area contributed by atoms with Crippen molar-refractivity contribution in [2.75, 3.05) is 7.11 Å². The molecule has 5 heteroatoms. The van der Waals surface area contributed by atoms with Gasteiger partial charge >= 0.3 is 27.0 Å². The number of ether oxygens (including phenoxy) is 1. The standard InChI is InChI=1S/C12H23O2.C5H9.4CH4.I2.W/c1-8-12(6,10(13)14-7)9(2)11(3,4)5;1-4-5(2)3;;;;;1-2;/h9H,3,8H2,1-2,4-7H3;4H,2H2,1,3H3;4*1H4;;/q2*-1;;;;;;+2/b;5-4-;;;;;;. The van der Waals surface area contributed by atoms with E-state index < -0.39 is 5.41 Å². The molecule has 0 aliphatic carbocycles. The van der Waals surface area contributed by atoms with E-state index in [0.29, 0.717) is 0 Å². The first-order valence-corrected chi connectivity index (χ1v) is 13.3. The summed E-state index contributed by atoms with van der Waals surface area (Å²) in [6.45, 7) is 21.8. The molecule has 0 heterocycles. The summed E-state index contributed by atoms with van der Waals surface area (Å²) >= 11 is 4.24. The van der Waals surface area contributed by atoms with E-state index in [1.807, 2.05) is 33.8 Å². The Balaban J connectivity index is -0.0000000395. The van der Waals surface area contributed by atoms with Gasteiger partial charge in [0, 0.05) is 37.2 Å². The van der Waals surface area contributed by atoms with E-state index in [1.54, 1.807) is 0 Å². The Hall–Kier alpha value is 1.23. The van der Waals surface area contributed by atoms with Crippen LogP contribution in [0.5, 0.6) is 0 Å². The van der Waals surface area contributed by atoms with Crippen molar-refractivity contribution < 1.29 is 30.6 Å². The minimum atomic E-state index is -0.431. The third kappa shape index (κ3) is 21.5. The van der Waals surface area contributed by atoms with Crippen molar-refractivity contribution >= 4 is 43.2 Å². The molecule has 0 aromatic carbocycles. The molecule has 0 radical (unpaired) electrons. The summed E-state index contributed by atoms with van der Waals surface area (Å²) in [4.78, 5) is 11.7. The molecule has 2 atom stereocenters. The Morgan fingerprint density at radius 3 is 1.54 bits per heavy atom. The van der Waals surface area contributed by atoms with Gasteiger partial charge in [0.05, 0.1) is 12.5 Å². The smallest absolute Gasteiger partial charge is 0.469 e. The second-order valence-corrected chi connectivity index (χ2v) is 6.11. The van der Waals surface area contributed by atoms with Crippen LogP contribution in [0.25, 0.3) is 0 Å². The zero-order valence-corrected chi connectivity index (χ0v) is 22.5. The Morgan fingerprint density at radius 2 is 1.42 bits per heavy atom. The topological polar surface area (TPSA) is 26.3 Å². The monoisotopic (exact) mass is 770 g/mol. The van der Waals surface area contributed by atoms with Crippen LogP contribution >= 0.6 is 37.2 Å². The number of halogens is 2. The second-order valence-electron chi connectivity index (χ2n) is 6.11. The first-order valence-electron chi connectivity index (χ1n) is 7.00. The molecule has 0 rings (SSSR count). The summed E-state index contributed by atoms with van der Waals surface area (Å²) < 4.78 is 4.86. The van der Waals surface area contributed by atoms with Crippen molar-refractivity contribution in [3.63, 3.8) is 0 Å². The molecule has 26 heavy (non-hydrogen) atoms. The zero-order chi connectivity index (χ0) is 17.9. The van der Waals surface area contributed by atoms with Gasteiger partial charge in [-0.2, -0.15) is 5.41 Å². The van der Waals surface area contributed by atoms with Crippen molar-refractivity contribution in [2.45, 2.75) is 84.6 Å². The van der Waals surface area contributed by atoms with Gasteiger partial charge in [-0.15, -0.1) is 6.92 Å². The van der Waals surface area contributed by atoms with Crippen LogP contribution < -0.4 is 0 Å². The third-order valence-electron chi connectivity index (χ3n) is 4.01. The summed E-state index contributed by atoms with van der Waals surface area (Å²) in [5.74, 6) is 0.0525. The van der Waals surface area contributed by atoms with E-state index in [1.165, 1.54) is 7.11 Å².